The first-order valence-electron chi connectivity index (χ1n) is 8.14. The lowest BCUT2D eigenvalue weighted by atomic mass is 9.91. The molecule has 1 aromatic heterocycles. The molecular weight excluding hydrogens is 326 g/mol. The Morgan fingerprint density at radius 1 is 1.38 bits per heavy atom. The Bertz CT molecular complexity index is 685. The highest BCUT2D eigenvalue weighted by molar-refractivity contribution is 6.00. The van der Waals surface area contributed by atoms with E-state index in [0.29, 0.717) is 29.5 Å². The SMILES string of the molecule is Cc1onc(-c2ccccc2)c1C(=O)N1CCCC(C(C)N)C1.Cl. The number of hydrogen-bond acceptors (Lipinski definition) is 4. The molecule has 2 atom stereocenters. The molecule has 0 aliphatic carbocycles. The standard InChI is InChI=1S/C18H23N3O2.ClH/c1-12(19)15-9-6-10-21(11-15)18(22)16-13(2)23-20-17(16)14-7-4-3-5-8-14;/h3-5,7-8,12,15H,6,9-11,19H2,1-2H3;1H. The van der Waals surface area contributed by atoms with Crippen LogP contribution in [0.3, 0.4) is 0 Å². The minimum absolute atomic E-state index is 0. The third kappa shape index (κ3) is 3.62. The number of carbonyl (C=O) groups is 1. The molecule has 2 aromatic rings. The van der Waals surface area contributed by atoms with Crippen LogP contribution >= 0.6 is 12.4 Å². The highest BCUT2D eigenvalue weighted by Gasteiger charge is 2.30. The summed E-state index contributed by atoms with van der Waals surface area (Å²) < 4.78 is 5.31. The van der Waals surface area contributed by atoms with Crippen molar-refractivity contribution in [1.82, 2.24) is 10.1 Å². The number of halogens is 1. The molecular formula is C18H24ClN3O2. The van der Waals surface area contributed by atoms with Crippen molar-refractivity contribution in [3.63, 3.8) is 0 Å². The predicted molar refractivity (Wildman–Crippen MR) is 96.2 cm³/mol. The van der Waals surface area contributed by atoms with Gasteiger partial charge in [0.15, 0.2) is 0 Å². The maximum absolute atomic E-state index is 13.0. The third-order valence-electron chi connectivity index (χ3n) is 4.61. The molecule has 1 amide bonds. The number of nitrogens with two attached hydrogens (primary N) is 1. The predicted octanol–water partition coefficient (Wildman–Crippen LogP) is 3.27. The molecule has 1 aliphatic heterocycles. The number of nitrogens with zero attached hydrogens (tertiary/aromatic N) is 2. The van der Waals surface area contributed by atoms with E-state index in [9.17, 15) is 4.79 Å². The van der Waals surface area contributed by atoms with Crippen LogP contribution < -0.4 is 5.73 Å². The highest BCUT2D eigenvalue weighted by atomic mass is 35.5. The second-order valence-electron chi connectivity index (χ2n) is 6.34. The molecule has 0 saturated carbocycles. The van der Waals surface area contributed by atoms with Gasteiger partial charge in [-0.15, -0.1) is 12.4 Å². The molecule has 0 radical (unpaired) electrons. The van der Waals surface area contributed by atoms with E-state index in [2.05, 4.69) is 5.16 Å². The molecule has 1 fully saturated rings. The second-order valence-corrected chi connectivity index (χ2v) is 6.34. The number of amides is 1. The minimum atomic E-state index is -0.00652. The van der Waals surface area contributed by atoms with Crippen LogP contribution in [-0.4, -0.2) is 35.1 Å². The Hall–Kier alpha value is -1.85. The fraction of sp³-hybridized carbons (Fsp3) is 0.444. The van der Waals surface area contributed by atoms with Crippen molar-refractivity contribution >= 4 is 18.3 Å². The Labute approximate surface area is 148 Å². The highest BCUT2D eigenvalue weighted by Crippen LogP contribution is 2.28. The fourth-order valence-electron chi connectivity index (χ4n) is 3.20. The van der Waals surface area contributed by atoms with Gasteiger partial charge in [0.2, 0.25) is 0 Å². The van der Waals surface area contributed by atoms with Gasteiger partial charge in [-0.1, -0.05) is 35.5 Å². The largest absolute Gasteiger partial charge is 0.360 e. The molecule has 5 nitrogen and oxygen atoms in total. The summed E-state index contributed by atoms with van der Waals surface area (Å²) in [7, 11) is 0. The van der Waals surface area contributed by atoms with Crippen LogP contribution in [0.1, 0.15) is 35.9 Å². The number of aryl methyl sites for hydroxylation is 1. The summed E-state index contributed by atoms with van der Waals surface area (Å²) in [5.41, 5.74) is 8.12. The zero-order chi connectivity index (χ0) is 16.4. The molecule has 130 valence electrons. The molecule has 24 heavy (non-hydrogen) atoms. The van der Waals surface area contributed by atoms with Gasteiger partial charge in [0.1, 0.15) is 17.0 Å². The summed E-state index contributed by atoms with van der Waals surface area (Å²) in [6.45, 7) is 5.27. The van der Waals surface area contributed by atoms with Crippen LogP contribution in [0.5, 0.6) is 0 Å². The maximum Gasteiger partial charge on any atom is 0.259 e. The van der Waals surface area contributed by atoms with E-state index in [4.69, 9.17) is 10.3 Å². The topological polar surface area (TPSA) is 72.4 Å². The zero-order valence-electron chi connectivity index (χ0n) is 14.1. The number of aromatic nitrogens is 1. The summed E-state index contributed by atoms with van der Waals surface area (Å²) >= 11 is 0. The average Bonchev–Trinajstić information content (AvgIpc) is 2.96. The lowest BCUT2D eigenvalue weighted by Crippen LogP contribution is -2.45. The number of likely N-dealkylation sites (tertiary alicyclic amines) is 1. The average molecular weight is 350 g/mol. The molecule has 0 spiro atoms. The molecule has 0 bridgehead atoms. The molecule has 1 aliphatic rings. The van der Waals surface area contributed by atoms with Gasteiger partial charge in [-0.25, -0.2) is 0 Å². The lowest BCUT2D eigenvalue weighted by Gasteiger charge is -2.34. The second kappa shape index (κ2) is 7.81. The Kier molecular flexibility index (Phi) is 6.02. The van der Waals surface area contributed by atoms with E-state index < -0.39 is 0 Å². The van der Waals surface area contributed by atoms with Crippen molar-refractivity contribution < 1.29 is 9.32 Å². The number of rotatable bonds is 3. The Morgan fingerprint density at radius 2 is 2.08 bits per heavy atom. The third-order valence-corrected chi connectivity index (χ3v) is 4.61. The normalized spacial score (nSPS) is 18.8. The zero-order valence-corrected chi connectivity index (χ0v) is 14.9. The van der Waals surface area contributed by atoms with Crippen molar-refractivity contribution in [3.05, 3.63) is 41.7 Å². The lowest BCUT2D eigenvalue weighted by molar-refractivity contribution is 0.0660. The van der Waals surface area contributed by atoms with Gasteiger partial charge >= 0.3 is 0 Å². The Morgan fingerprint density at radius 3 is 2.75 bits per heavy atom. The van der Waals surface area contributed by atoms with Gasteiger partial charge in [-0.2, -0.15) is 0 Å². The van der Waals surface area contributed by atoms with Gasteiger partial charge in [0.25, 0.3) is 5.91 Å². The van der Waals surface area contributed by atoms with Crippen LogP contribution in [0.2, 0.25) is 0 Å². The quantitative estimate of drug-likeness (QED) is 0.923. The van der Waals surface area contributed by atoms with E-state index in [1.807, 2.05) is 42.2 Å². The first-order chi connectivity index (χ1) is 11.1. The smallest absolute Gasteiger partial charge is 0.259 e. The number of hydrogen-bond donors (Lipinski definition) is 1. The number of carbonyl (C=O) groups excluding carboxylic acids is 1. The maximum atomic E-state index is 13.0. The van der Waals surface area contributed by atoms with Gasteiger partial charge in [0, 0.05) is 24.7 Å². The van der Waals surface area contributed by atoms with Crippen molar-refractivity contribution in [2.24, 2.45) is 11.7 Å². The van der Waals surface area contributed by atoms with E-state index in [-0.39, 0.29) is 24.4 Å². The summed E-state index contributed by atoms with van der Waals surface area (Å²) in [5, 5.41) is 4.11. The first kappa shape index (κ1) is 18.5. The summed E-state index contributed by atoms with van der Waals surface area (Å²) in [6.07, 6.45) is 2.07. The van der Waals surface area contributed by atoms with Crippen LogP contribution in [0.4, 0.5) is 0 Å². The summed E-state index contributed by atoms with van der Waals surface area (Å²) in [5.74, 6) is 0.915. The Balaban J connectivity index is 0.00000208. The van der Waals surface area contributed by atoms with Gasteiger partial charge in [-0.3, -0.25) is 4.79 Å². The monoisotopic (exact) mass is 349 g/mol. The molecule has 2 unspecified atom stereocenters. The van der Waals surface area contributed by atoms with E-state index in [0.717, 1.165) is 24.9 Å². The van der Waals surface area contributed by atoms with Crippen molar-refractivity contribution in [1.29, 1.82) is 0 Å². The van der Waals surface area contributed by atoms with Crippen LogP contribution in [0.25, 0.3) is 11.3 Å². The van der Waals surface area contributed by atoms with Crippen molar-refractivity contribution in [3.8, 4) is 11.3 Å². The van der Waals surface area contributed by atoms with E-state index in [1.54, 1.807) is 6.92 Å². The molecule has 1 saturated heterocycles. The molecule has 3 rings (SSSR count). The van der Waals surface area contributed by atoms with Gasteiger partial charge in [0.05, 0.1) is 0 Å². The molecule has 6 heteroatoms. The van der Waals surface area contributed by atoms with Crippen LogP contribution in [-0.2, 0) is 0 Å². The van der Waals surface area contributed by atoms with Crippen LogP contribution in [0, 0.1) is 12.8 Å². The molecule has 2 heterocycles. The fourth-order valence-corrected chi connectivity index (χ4v) is 3.20. The minimum Gasteiger partial charge on any atom is -0.360 e. The summed E-state index contributed by atoms with van der Waals surface area (Å²) in [6, 6.07) is 9.78. The van der Waals surface area contributed by atoms with Gasteiger partial charge < -0.3 is 15.2 Å². The van der Waals surface area contributed by atoms with E-state index >= 15 is 0 Å². The number of benzene rings is 1. The van der Waals surface area contributed by atoms with Crippen molar-refractivity contribution in [2.75, 3.05) is 13.1 Å². The summed E-state index contributed by atoms with van der Waals surface area (Å²) in [4.78, 5) is 14.9. The number of piperidine rings is 1. The van der Waals surface area contributed by atoms with Crippen LogP contribution in [0.15, 0.2) is 34.9 Å². The van der Waals surface area contributed by atoms with E-state index in [1.165, 1.54) is 0 Å². The van der Waals surface area contributed by atoms with Gasteiger partial charge in [-0.05, 0) is 32.6 Å². The first-order valence-corrected chi connectivity index (χ1v) is 8.14. The van der Waals surface area contributed by atoms with Crippen molar-refractivity contribution in [2.45, 2.75) is 32.7 Å². The molecule has 1 aromatic carbocycles. The molecule has 2 N–H and O–H groups in total.